The fourth-order valence-corrected chi connectivity index (χ4v) is 2.04. The first kappa shape index (κ1) is 19.1. The zero-order valence-corrected chi connectivity index (χ0v) is 14.0. The summed E-state index contributed by atoms with van der Waals surface area (Å²) < 4.78 is 10.7. The fraction of sp³-hybridized carbons (Fsp3) is 0.389. The van der Waals surface area contributed by atoms with E-state index < -0.39 is 0 Å². The minimum Gasteiger partial charge on any atom is -0.493 e. The zero-order valence-electron chi connectivity index (χ0n) is 14.0. The van der Waals surface area contributed by atoms with Crippen LogP contribution >= 0.6 is 0 Å². The Bertz CT molecular complexity index is 638. The van der Waals surface area contributed by atoms with Crippen LogP contribution in [0.15, 0.2) is 24.3 Å². The Balaban J connectivity index is 2.85. The number of carbonyl (C=O) groups is 1. The predicted molar refractivity (Wildman–Crippen MR) is 90.2 cm³/mol. The Labute approximate surface area is 142 Å². The maximum atomic E-state index is 12.2. The van der Waals surface area contributed by atoms with Crippen LogP contribution in [0.3, 0.4) is 0 Å². The quantitative estimate of drug-likeness (QED) is 0.651. The number of hydrogen-bond donors (Lipinski definition) is 0. The average molecular weight is 327 g/mol. The van der Waals surface area contributed by atoms with Crippen molar-refractivity contribution in [1.29, 1.82) is 10.5 Å². The number of carbonyl (C=O) groups excluding carboxylic acids is 1. The van der Waals surface area contributed by atoms with Crippen LogP contribution in [0.25, 0.3) is 6.08 Å². The molecule has 1 amide bonds. The molecule has 6 nitrogen and oxygen atoms in total. The van der Waals surface area contributed by atoms with Gasteiger partial charge in [0.2, 0.25) is 5.91 Å². The SMILES string of the molecule is CCOc1cc(C=CC(=O)N(CCC#N)CCC#N)ccc1OC. The number of rotatable bonds is 9. The number of ether oxygens (including phenoxy) is 2. The first-order valence-corrected chi connectivity index (χ1v) is 7.68. The van der Waals surface area contributed by atoms with E-state index in [9.17, 15) is 4.79 Å². The van der Waals surface area contributed by atoms with Crippen LogP contribution in [0.2, 0.25) is 0 Å². The Morgan fingerprint density at radius 3 is 2.42 bits per heavy atom. The average Bonchev–Trinajstić information content (AvgIpc) is 2.60. The Kier molecular flexibility index (Phi) is 8.49. The lowest BCUT2D eigenvalue weighted by Crippen LogP contribution is -2.31. The van der Waals surface area contributed by atoms with E-state index in [4.69, 9.17) is 20.0 Å². The number of amides is 1. The summed E-state index contributed by atoms with van der Waals surface area (Å²) in [6.07, 6.45) is 3.59. The predicted octanol–water partition coefficient (Wildman–Crippen LogP) is 2.76. The molecule has 126 valence electrons. The lowest BCUT2D eigenvalue weighted by Gasteiger charge is -2.18. The van der Waals surface area contributed by atoms with Crippen molar-refractivity contribution in [3.8, 4) is 23.6 Å². The number of nitriles is 2. The van der Waals surface area contributed by atoms with Crippen molar-refractivity contribution in [2.45, 2.75) is 19.8 Å². The normalized spacial score (nSPS) is 10.0. The van der Waals surface area contributed by atoms with E-state index in [1.165, 1.54) is 11.0 Å². The van der Waals surface area contributed by atoms with Gasteiger partial charge >= 0.3 is 0 Å². The van der Waals surface area contributed by atoms with Gasteiger partial charge in [0.1, 0.15) is 0 Å². The number of hydrogen-bond acceptors (Lipinski definition) is 5. The van der Waals surface area contributed by atoms with E-state index in [0.717, 1.165) is 5.56 Å². The van der Waals surface area contributed by atoms with Crippen LogP contribution in [0.5, 0.6) is 11.5 Å². The molecule has 1 rings (SSSR count). The molecule has 0 radical (unpaired) electrons. The standard InChI is InChI=1S/C18H21N3O3/c1-3-24-17-14-15(6-8-16(17)23-2)7-9-18(22)21(12-4-10-19)13-5-11-20/h6-9,14H,3-5,12-13H2,1-2H3. The van der Waals surface area contributed by atoms with Gasteiger partial charge in [-0.15, -0.1) is 0 Å². The van der Waals surface area contributed by atoms with Crippen LogP contribution in [0.4, 0.5) is 0 Å². The van der Waals surface area contributed by atoms with E-state index in [-0.39, 0.29) is 18.7 Å². The monoisotopic (exact) mass is 327 g/mol. The second-order valence-corrected chi connectivity index (χ2v) is 4.82. The molecular weight excluding hydrogens is 306 g/mol. The highest BCUT2D eigenvalue weighted by Gasteiger charge is 2.10. The molecule has 0 heterocycles. The number of nitrogens with zero attached hydrogens (tertiary/aromatic N) is 3. The van der Waals surface area contributed by atoms with Crippen molar-refractivity contribution in [1.82, 2.24) is 4.90 Å². The molecule has 0 saturated carbocycles. The topological polar surface area (TPSA) is 86.4 Å². The third kappa shape index (κ3) is 6.02. The fourth-order valence-electron chi connectivity index (χ4n) is 2.04. The molecule has 0 bridgehead atoms. The molecule has 0 aromatic heterocycles. The van der Waals surface area contributed by atoms with E-state index in [1.54, 1.807) is 25.3 Å². The molecule has 0 N–H and O–H groups in total. The van der Waals surface area contributed by atoms with E-state index in [2.05, 4.69) is 0 Å². The van der Waals surface area contributed by atoms with Crippen molar-refractivity contribution < 1.29 is 14.3 Å². The number of benzene rings is 1. The lowest BCUT2D eigenvalue weighted by atomic mass is 10.2. The summed E-state index contributed by atoms with van der Waals surface area (Å²) in [6.45, 7) is 3.02. The Morgan fingerprint density at radius 1 is 1.21 bits per heavy atom. The van der Waals surface area contributed by atoms with Gasteiger partial charge < -0.3 is 14.4 Å². The van der Waals surface area contributed by atoms with Crippen LogP contribution < -0.4 is 9.47 Å². The van der Waals surface area contributed by atoms with Gasteiger partial charge in [-0.05, 0) is 30.7 Å². The summed E-state index contributed by atoms with van der Waals surface area (Å²) in [5, 5.41) is 17.3. The van der Waals surface area contributed by atoms with Crippen molar-refractivity contribution in [2.24, 2.45) is 0 Å². The molecule has 1 aromatic carbocycles. The summed E-state index contributed by atoms with van der Waals surface area (Å²) in [4.78, 5) is 13.7. The van der Waals surface area contributed by atoms with Crippen molar-refractivity contribution >= 4 is 12.0 Å². The molecule has 0 fully saturated rings. The number of methoxy groups -OCH3 is 1. The summed E-state index contributed by atoms with van der Waals surface area (Å²) >= 11 is 0. The minimum atomic E-state index is -0.228. The molecule has 1 aromatic rings. The maximum Gasteiger partial charge on any atom is 0.246 e. The molecule has 0 aliphatic rings. The molecule has 0 atom stereocenters. The van der Waals surface area contributed by atoms with Gasteiger partial charge in [0.25, 0.3) is 0 Å². The van der Waals surface area contributed by atoms with Crippen molar-refractivity contribution in [3.63, 3.8) is 0 Å². The van der Waals surface area contributed by atoms with Gasteiger partial charge in [0.05, 0.1) is 38.7 Å². The second kappa shape index (κ2) is 10.7. The van der Waals surface area contributed by atoms with E-state index in [0.29, 0.717) is 31.2 Å². The van der Waals surface area contributed by atoms with Gasteiger partial charge in [-0.1, -0.05) is 6.07 Å². The van der Waals surface area contributed by atoms with Gasteiger partial charge in [0, 0.05) is 19.2 Å². The molecular formula is C18H21N3O3. The van der Waals surface area contributed by atoms with Crippen molar-refractivity contribution in [2.75, 3.05) is 26.8 Å². The van der Waals surface area contributed by atoms with Gasteiger partial charge in [-0.3, -0.25) is 4.79 Å². The van der Waals surface area contributed by atoms with Crippen LogP contribution in [-0.2, 0) is 4.79 Å². The summed E-state index contributed by atoms with van der Waals surface area (Å²) in [6, 6.07) is 9.40. The van der Waals surface area contributed by atoms with Crippen LogP contribution in [-0.4, -0.2) is 37.6 Å². The summed E-state index contributed by atoms with van der Waals surface area (Å²) in [5.41, 5.74) is 0.799. The molecule has 24 heavy (non-hydrogen) atoms. The molecule has 0 aliphatic carbocycles. The third-order valence-corrected chi connectivity index (χ3v) is 3.20. The van der Waals surface area contributed by atoms with E-state index in [1.807, 2.05) is 25.1 Å². The van der Waals surface area contributed by atoms with Crippen LogP contribution in [0, 0.1) is 22.7 Å². The first-order chi connectivity index (χ1) is 11.7. The van der Waals surface area contributed by atoms with Crippen LogP contribution in [0.1, 0.15) is 25.3 Å². The van der Waals surface area contributed by atoms with Gasteiger partial charge in [0.15, 0.2) is 11.5 Å². The Morgan fingerprint density at radius 2 is 1.88 bits per heavy atom. The van der Waals surface area contributed by atoms with Gasteiger partial charge in [-0.25, -0.2) is 0 Å². The first-order valence-electron chi connectivity index (χ1n) is 7.68. The Hall–Kier alpha value is -2.99. The van der Waals surface area contributed by atoms with E-state index >= 15 is 0 Å². The zero-order chi connectivity index (χ0) is 17.8. The van der Waals surface area contributed by atoms with Crippen molar-refractivity contribution in [3.05, 3.63) is 29.8 Å². The highest BCUT2D eigenvalue weighted by Crippen LogP contribution is 2.28. The van der Waals surface area contributed by atoms with Gasteiger partial charge in [-0.2, -0.15) is 10.5 Å². The summed E-state index contributed by atoms with van der Waals surface area (Å²) in [7, 11) is 1.57. The summed E-state index contributed by atoms with van der Waals surface area (Å²) in [5.74, 6) is 1.01. The molecule has 0 unspecified atom stereocenters. The third-order valence-electron chi connectivity index (χ3n) is 3.20. The molecule has 6 heteroatoms. The molecule has 0 saturated heterocycles. The highest BCUT2D eigenvalue weighted by molar-refractivity contribution is 5.91. The second-order valence-electron chi connectivity index (χ2n) is 4.82. The molecule has 0 aliphatic heterocycles. The molecule has 0 spiro atoms. The largest absolute Gasteiger partial charge is 0.493 e. The lowest BCUT2D eigenvalue weighted by molar-refractivity contribution is -0.125. The highest BCUT2D eigenvalue weighted by atomic mass is 16.5. The maximum absolute atomic E-state index is 12.2. The minimum absolute atomic E-state index is 0.228. The smallest absolute Gasteiger partial charge is 0.246 e.